The molecule has 50 heavy (non-hydrogen) atoms. The zero-order valence-corrected chi connectivity index (χ0v) is 29.4. The normalized spacial score (nSPS) is 20.6. The standard InChI is InChI=1S/C38H51F3N6O3/c1-26-22-27(24-32(35(26)42-2)38(39,40)41)23-29(36(49)46-19-11-30(12-20-46)44-15-6-3-7-16-44)25-34(48)45-17-13-31(14-18-45)47-21-10-28-8-4-5-9-33(28)43-37(47)50/h4-5,8-9,22,24,29-31,42H,3,6-7,10-21,23,25H2,1-2H3,(H,43,50)/t29-/m0/s1. The number of rotatable bonds is 8. The summed E-state index contributed by atoms with van der Waals surface area (Å²) in [6, 6.07) is 10.9. The maximum atomic E-state index is 14.2. The lowest BCUT2D eigenvalue weighted by Gasteiger charge is -2.41. The number of aryl methyl sites for hydroxylation is 1. The fourth-order valence-corrected chi connectivity index (χ4v) is 8.56. The maximum absolute atomic E-state index is 14.2. The number of alkyl halides is 3. The van der Waals surface area contributed by atoms with Gasteiger partial charge in [-0.15, -0.1) is 0 Å². The second kappa shape index (κ2) is 15.6. The Labute approximate surface area is 293 Å². The fraction of sp³-hybridized carbons (Fsp3) is 0.605. The van der Waals surface area contributed by atoms with Crippen LogP contribution in [0.15, 0.2) is 36.4 Å². The summed E-state index contributed by atoms with van der Waals surface area (Å²) >= 11 is 0. The lowest BCUT2D eigenvalue weighted by molar-refractivity contribution is -0.143. The van der Waals surface area contributed by atoms with Crippen molar-refractivity contribution in [3.63, 3.8) is 0 Å². The van der Waals surface area contributed by atoms with Crippen molar-refractivity contribution in [2.24, 2.45) is 5.92 Å². The highest BCUT2D eigenvalue weighted by Gasteiger charge is 2.38. The molecule has 1 atom stereocenters. The lowest BCUT2D eigenvalue weighted by Crippen LogP contribution is -2.51. The molecule has 4 amide bonds. The highest BCUT2D eigenvalue weighted by Crippen LogP contribution is 2.38. The Morgan fingerprint density at radius 1 is 0.900 bits per heavy atom. The van der Waals surface area contributed by atoms with Crippen LogP contribution in [0.4, 0.5) is 29.3 Å². The highest BCUT2D eigenvalue weighted by atomic mass is 19.4. The van der Waals surface area contributed by atoms with Crippen LogP contribution >= 0.6 is 0 Å². The number of halogens is 3. The van der Waals surface area contributed by atoms with Gasteiger partial charge in [-0.25, -0.2) is 4.79 Å². The van der Waals surface area contributed by atoms with E-state index in [2.05, 4.69) is 15.5 Å². The molecule has 3 saturated heterocycles. The zero-order chi connectivity index (χ0) is 35.4. The van der Waals surface area contributed by atoms with E-state index in [1.54, 1.807) is 17.9 Å². The molecule has 2 aromatic rings. The lowest BCUT2D eigenvalue weighted by atomic mass is 9.90. The minimum Gasteiger partial charge on any atom is -0.387 e. The average Bonchev–Trinajstić information content (AvgIpc) is 3.29. The Bertz CT molecular complexity index is 1530. The molecular formula is C38H51F3N6O3. The number of urea groups is 1. The summed E-state index contributed by atoms with van der Waals surface area (Å²) < 4.78 is 42.3. The first kappa shape index (κ1) is 36.0. The van der Waals surface area contributed by atoms with Crippen LogP contribution in [-0.4, -0.2) is 102 Å². The third kappa shape index (κ3) is 8.22. The van der Waals surface area contributed by atoms with E-state index in [4.69, 9.17) is 0 Å². The molecule has 6 rings (SSSR count). The summed E-state index contributed by atoms with van der Waals surface area (Å²) in [6.07, 6.45) is 2.80. The molecule has 0 aliphatic carbocycles. The van der Waals surface area contributed by atoms with Gasteiger partial charge in [0, 0.05) is 69.7 Å². The van der Waals surface area contributed by atoms with Crippen LogP contribution in [0.1, 0.15) is 73.6 Å². The molecule has 4 aliphatic rings. The van der Waals surface area contributed by atoms with Gasteiger partial charge in [0.05, 0.1) is 11.5 Å². The van der Waals surface area contributed by atoms with Gasteiger partial charge in [0.2, 0.25) is 11.8 Å². The number of carbonyl (C=O) groups excluding carboxylic acids is 3. The number of fused-ring (bicyclic) bond motifs is 1. The van der Waals surface area contributed by atoms with Crippen LogP contribution in [0.25, 0.3) is 0 Å². The van der Waals surface area contributed by atoms with Gasteiger partial charge in [-0.05, 0) is 100 Å². The first-order valence-corrected chi connectivity index (χ1v) is 18.4. The largest absolute Gasteiger partial charge is 0.418 e. The minimum atomic E-state index is -4.57. The summed E-state index contributed by atoms with van der Waals surface area (Å²) in [5.74, 6) is -1.10. The van der Waals surface area contributed by atoms with E-state index in [-0.39, 0.29) is 42.4 Å². The number of carbonyl (C=O) groups is 3. The van der Waals surface area contributed by atoms with Crippen molar-refractivity contribution in [3.8, 4) is 0 Å². The average molecular weight is 697 g/mol. The summed E-state index contributed by atoms with van der Waals surface area (Å²) in [5, 5.41) is 5.71. The van der Waals surface area contributed by atoms with Gasteiger partial charge in [0.1, 0.15) is 0 Å². The van der Waals surface area contributed by atoms with Gasteiger partial charge < -0.3 is 30.2 Å². The zero-order valence-electron chi connectivity index (χ0n) is 29.4. The number of hydrogen-bond acceptors (Lipinski definition) is 5. The summed E-state index contributed by atoms with van der Waals surface area (Å²) in [6.45, 7) is 6.49. The van der Waals surface area contributed by atoms with Gasteiger partial charge in [-0.1, -0.05) is 30.7 Å². The molecule has 12 heteroatoms. The Morgan fingerprint density at radius 3 is 2.24 bits per heavy atom. The molecule has 0 spiro atoms. The fourth-order valence-electron chi connectivity index (χ4n) is 8.56. The molecule has 3 fully saturated rings. The topological polar surface area (TPSA) is 88.2 Å². The molecule has 9 nitrogen and oxygen atoms in total. The molecule has 0 saturated carbocycles. The van der Waals surface area contributed by atoms with Gasteiger partial charge in [-0.3, -0.25) is 9.59 Å². The predicted molar refractivity (Wildman–Crippen MR) is 188 cm³/mol. The van der Waals surface area contributed by atoms with Crippen LogP contribution in [0.2, 0.25) is 0 Å². The second-order valence-corrected chi connectivity index (χ2v) is 14.5. The van der Waals surface area contributed by atoms with Crippen molar-refractivity contribution in [2.45, 2.75) is 89.4 Å². The van der Waals surface area contributed by atoms with E-state index in [1.165, 1.54) is 26.3 Å². The monoisotopic (exact) mass is 696 g/mol. The summed E-state index contributed by atoms with van der Waals surface area (Å²) in [4.78, 5) is 49.1. The third-order valence-electron chi connectivity index (χ3n) is 11.3. The van der Waals surface area contributed by atoms with Crippen LogP contribution < -0.4 is 10.6 Å². The first-order valence-electron chi connectivity index (χ1n) is 18.4. The minimum absolute atomic E-state index is 0.0126. The van der Waals surface area contributed by atoms with Gasteiger partial charge in [-0.2, -0.15) is 13.2 Å². The third-order valence-corrected chi connectivity index (χ3v) is 11.3. The number of anilines is 2. The van der Waals surface area contributed by atoms with Crippen LogP contribution in [0.3, 0.4) is 0 Å². The molecule has 2 aromatic carbocycles. The van der Waals surface area contributed by atoms with E-state index in [0.717, 1.165) is 49.7 Å². The van der Waals surface area contributed by atoms with E-state index in [0.29, 0.717) is 62.7 Å². The first-order chi connectivity index (χ1) is 24.0. The number of benzene rings is 2. The molecule has 4 aliphatic heterocycles. The van der Waals surface area contributed by atoms with Crippen molar-refractivity contribution in [1.82, 2.24) is 19.6 Å². The van der Waals surface area contributed by atoms with Crippen molar-refractivity contribution in [1.29, 1.82) is 0 Å². The Hall–Kier alpha value is -3.80. The number of piperidine rings is 3. The number of amides is 4. The SMILES string of the molecule is CNc1c(C)cc(C[C@@H](CC(=O)N2CCC(N3CCc4ccccc4NC3=O)CC2)C(=O)N2CCC(N3CCCCC3)CC2)cc1C(F)(F)F. The highest BCUT2D eigenvalue weighted by molar-refractivity contribution is 5.91. The number of hydrogen-bond donors (Lipinski definition) is 2. The molecule has 0 aromatic heterocycles. The maximum Gasteiger partial charge on any atom is 0.418 e. The molecular weight excluding hydrogens is 645 g/mol. The van der Waals surface area contributed by atoms with Crippen LogP contribution in [0, 0.1) is 12.8 Å². The molecule has 0 unspecified atom stereocenters. The van der Waals surface area contributed by atoms with E-state index in [9.17, 15) is 27.6 Å². The van der Waals surface area contributed by atoms with Crippen molar-refractivity contribution in [3.05, 3.63) is 58.7 Å². The molecule has 0 radical (unpaired) electrons. The Kier molecular flexibility index (Phi) is 11.2. The van der Waals surface area contributed by atoms with Crippen molar-refractivity contribution in [2.75, 3.05) is 63.5 Å². The quantitative estimate of drug-likeness (QED) is 0.345. The smallest absolute Gasteiger partial charge is 0.387 e. The number of para-hydroxylation sites is 1. The predicted octanol–water partition coefficient (Wildman–Crippen LogP) is 6.16. The van der Waals surface area contributed by atoms with Crippen molar-refractivity contribution >= 4 is 29.2 Å². The summed E-state index contributed by atoms with van der Waals surface area (Å²) in [5.41, 5.74) is 2.02. The summed E-state index contributed by atoms with van der Waals surface area (Å²) in [7, 11) is 1.47. The number of likely N-dealkylation sites (tertiary alicyclic amines) is 3. The van der Waals surface area contributed by atoms with Gasteiger partial charge >= 0.3 is 12.2 Å². The molecule has 2 N–H and O–H groups in total. The second-order valence-electron chi connectivity index (χ2n) is 14.5. The molecule has 0 bridgehead atoms. The Balaban J connectivity index is 1.13. The van der Waals surface area contributed by atoms with E-state index < -0.39 is 17.7 Å². The van der Waals surface area contributed by atoms with Gasteiger partial charge in [0.15, 0.2) is 0 Å². The van der Waals surface area contributed by atoms with Crippen LogP contribution in [-0.2, 0) is 28.6 Å². The van der Waals surface area contributed by atoms with Crippen molar-refractivity contribution < 1.29 is 27.6 Å². The number of nitrogens with one attached hydrogen (secondary N) is 2. The van der Waals surface area contributed by atoms with Crippen LogP contribution in [0.5, 0.6) is 0 Å². The Morgan fingerprint density at radius 2 is 1.56 bits per heavy atom. The van der Waals surface area contributed by atoms with Gasteiger partial charge in [0.25, 0.3) is 0 Å². The number of nitrogens with zero attached hydrogens (tertiary/aromatic N) is 4. The van der Waals surface area contributed by atoms with E-state index >= 15 is 0 Å². The van der Waals surface area contributed by atoms with E-state index in [1.807, 2.05) is 34.1 Å². The molecule has 272 valence electrons. The molecule has 4 heterocycles.